The number of ether oxygens (including phenoxy) is 1. The minimum Gasteiger partial charge on any atom is -0.348 e. The van der Waals surface area contributed by atoms with Crippen molar-refractivity contribution in [3.05, 3.63) is 63.2 Å². The Bertz CT molecular complexity index is 757. The Morgan fingerprint density at radius 3 is 2.48 bits per heavy atom. The van der Waals surface area contributed by atoms with Gasteiger partial charge in [0.05, 0.1) is 4.92 Å². The van der Waals surface area contributed by atoms with Crippen molar-refractivity contribution in [2.45, 2.75) is 32.9 Å². The van der Waals surface area contributed by atoms with Crippen LogP contribution in [0.3, 0.4) is 0 Å². The summed E-state index contributed by atoms with van der Waals surface area (Å²) in [4.78, 5) is 34.7. The summed E-state index contributed by atoms with van der Waals surface area (Å²) in [5, 5.41) is 13.7. The number of nitrogens with zero attached hydrogens (tertiary/aromatic N) is 1. The summed E-state index contributed by atoms with van der Waals surface area (Å²) < 4.78 is 5.91. The lowest BCUT2D eigenvalue weighted by Crippen LogP contribution is -2.54. The van der Waals surface area contributed by atoms with Gasteiger partial charge in [-0.3, -0.25) is 19.7 Å². The molecule has 0 spiro atoms. The Morgan fingerprint density at radius 1 is 1.28 bits per heavy atom. The van der Waals surface area contributed by atoms with E-state index in [9.17, 15) is 19.7 Å². The van der Waals surface area contributed by atoms with Gasteiger partial charge in [-0.1, -0.05) is 13.0 Å². The molecule has 0 radical (unpaired) electrons. The number of benzene rings is 1. The molecule has 1 aromatic carbocycles. The van der Waals surface area contributed by atoms with Crippen molar-refractivity contribution >= 4 is 17.4 Å². The maximum atomic E-state index is 12.7. The molecule has 0 heterocycles. The first kappa shape index (κ1) is 18.5. The zero-order chi connectivity index (χ0) is 18.6. The SMILES string of the molecule is CCCOC1(NC(=O)c2cccc([N+](=O)[O-])c2)C(C)=CC(=O)C=C1C. The molecule has 0 saturated carbocycles. The van der Waals surface area contributed by atoms with Gasteiger partial charge >= 0.3 is 0 Å². The maximum absolute atomic E-state index is 12.7. The van der Waals surface area contributed by atoms with Gasteiger partial charge < -0.3 is 10.1 Å². The van der Waals surface area contributed by atoms with E-state index in [1.807, 2.05) is 6.92 Å². The van der Waals surface area contributed by atoms with Crippen molar-refractivity contribution in [2.75, 3.05) is 6.61 Å². The van der Waals surface area contributed by atoms with E-state index in [0.717, 1.165) is 6.42 Å². The Balaban J connectivity index is 2.38. The molecule has 0 bridgehead atoms. The number of carbonyl (C=O) groups is 2. The summed E-state index contributed by atoms with van der Waals surface area (Å²) in [6, 6.07) is 5.45. The Hall–Kier alpha value is -2.80. The topological polar surface area (TPSA) is 98.5 Å². The van der Waals surface area contributed by atoms with E-state index >= 15 is 0 Å². The molecular weight excluding hydrogens is 324 g/mol. The van der Waals surface area contributed by atoms with Crippen molar-refractivity contribution < 1.29 is 19.2 Å². The fourth-order valence-electron chi connectivity index (χ4n) is 2.69. The lowest BCUT2D eigenvalue weighted by atomic mass is 9.89. The number of ketones is 1. The molecule has 1 N–H and O–H groups in total. The highest BCUT2D eigenvalue weighted by Gasteiger charge is 2.39. The lowest BCUT2D eigenvalue weighted by Gasteiger charge is -2.38. The molecular formula is C18H20N2O5. The lowest BCUT2D eigenvalue weighted by molar-refractivity contribution is -0.384. The summed E-state index contributed by atoms with van der Waals surface area (Å²) >= 11 is 0. The van der Waals surface area contributed by atoms with Gasteiger partial charge in [0, 0.05) is 24.3 Å². The molecule has 1 aliphatic carbocycles. The van der Waals surface area contributed by atoms with Gasteiger partial charge in [-0.25, -0.2) is 0 Å². The molecule has 25 heavy (non-hydrogen) atoms. The molecule has 7 heteroatoms. The van der Waals surface area contributed by atoms with Crippen LogP contribution in [0.25, 0.3) is 0 Å². The van der Waals surface area contributed by atoms with E-state index in [1.54, 1.807) is 13.8 Å². The monoisotopic (exact) mass is 344 g/mol. The average Bonchev–Trinajstić information content (AvgIpc) is 2.57. The van der Waals surface area contributed by atoms with E-state index in [0.29, 0.717) is 17.8 Å². The molecule has 0 atom stereocenters. The van der Waals surface area contributed by atoms with Gasteiger partial charge in [-0.15, -0.1) is 0 Å². The second kappa shape index (κ2) is 7.40. The van der Waals surface area contributed by atoms with Crippen LogP contribution in [0.2, 0.25) is 0 Å². The second-order valence-corrected chi connectivity index (χ2v) is 5.85. The number of allylic oxidation sites excluding steroid dienone is 2. The smallest absolute Gasteiger partial charge is 0.270 e. The van der Waals surface area contributed by atoms with Crippen LogP contribution in [-0.4, -0.2) is 28.9 Å². The molecule has 7 nitrogen and oxygen atoms in total. The zero-order valence-corrected chi connectivity index (χ0v) is 14.4. The highest BCUT2D eigenvalue weighted by atomic mass is 16.6. The Labute approximate surface area is 145 Å². The van der Waals surface area contributed by atoms with E-state index in [1.165, 1.54) is 36.4 Å². The molecule has 2 rings (SSSR count). The van der Waals surface area contributed by atoms with Crippen LogP contribution in [0.4, 0.5) is 5.69 Å². The first-order valence-electron chi connectivity index (χ1n) is 7.92. The predicted molar refractivity (Wildman–Crippen MR) is 92.1 cm³/mol. The minimum atomic E-state index is -1.23. The molecule has 1 aliphatic rings. The highest BCUT2D eigenvalue weighted by Crippen LogP contribution is 2.31. The van der Waals surface area contributed by atoms with Crippen molar-refractivity contribution in [3.63, 3.8) is 0 Å². The highest BCUT2D eigenvalue weighted by molar-refractivity contribution is 6.03. The largest absolute Gasteiger partial charge is 0.348 e. The van der Waals surface area contributed by atoms with Crippen molar-refractivity contribution in [2.24, 2.45) is 0 Å². The summed E-state index contributed by atoms with van der Waals surface area (Å²) in [5.41, 5.74) is -0.138. The first-order chi connectivity index (χ1) is 11.8. The van der Waals surface area contributed by atoms with Crippen LogP contribution in [0.15, 0.2) is 47.6 Å². The average molecular weight is 344 g/mol. The molecule has 0 aromatic heterocycles. The first-order valence-corrected chi connectivity index (χ1v) is 7.92. The number of hydrogen-bond acceptors (Lipinski definition) is 5. The van der Waals surface area contributed by atoms with Crippen molar-refractivity contribution in [1.82, 2.24) is 5.32 Å². The summed E-state index contributed by atoms with van der Waals surface area (Å²) in [7, 11) is 0. The van der Waals surface area contributed by atoms with Gasteiger partial charge in [0.1, 0.15) is 0 Å². The molecule has 0 fully saturated rings. The molecule has 0 saturated heterocycles. The normalized spacial score (nSPS) is 16.0. The molecule has 0 aliphatic heterocycles. The Kier molecular flexibility index (Phi) is 5.48. The number of carbonyl (C=O) groups excluding carboxylic acids is 2. The predicted octanol–water partition coefficient (Wildman–Crippen LogP) is 2.92. The van der Waals surface area contributed by atoms with Crippen LogP contribution in [0.1, 0.15) is 37.6 Å². The van der Waals surface area contributed by atoms with Gasteiger partial charge in [0.2, 0.25) is 0 Å². The fraction of sp³-hybridized carbons (Fsp3) is 0.333. The molecule has 132 valence electrons. The van der Waals surface area contributed by atoms with Crippen LogP contribution in [-0.2, 0) is 9.53 Å². The number of non-ortho nitro benzene ring substituents is 1. The number of hydrogen-bond donors (Lipinski definition) is 1. The molecule has 0 unspecified atom stereocenters. The van der Waals surface area contributed by atoms with E-state index in [-0.39, 0.29) is 17.0 Å². The van der Waals surface area contributed by atoms with E-state index in [4.69, 9.17) is 4.74 Å². The number of nitro benzene ring substituents is 1. The number of rotatable bonds is 6. The van der Waals surface area contributed by atoms with Gasteiger partial charge in [0.25, 0.3) is 11.6 Å². The van der Waals surface area contributed by atoms with Crippen molar-refractivity contribution in [3.8, 4) is 0 Å². The zero-order valence-electron chi connectivity index (χ0n) is 14.4. The molecule has 1 aromatic rings. The van der Waals surface area contributed by atoms with Gasteiger partial charge in [0.15, 0.2) is 11.5 Å². The van der Waals surface area contributed by atoms with Crippen LogP contribution in [0, 0.1) is 10.1 Å². The van der Waals surface area contributed by atoms with Crippen LogP contribution in [0.5, 0.6) is 0 Å². The van der Waals surface area contributed by atoms with Crippen LogP contribution >= 0.6 is 0 Å². The maximum Gasteiger partial charge on any atom is 0.270 e. The third-order valence-electron chi connectivity index (χ3n) is 3.96. The number of nitrogens with one attached hydrogen (secondary N) is 1. The summed E-state index contributed by atoms with van der Waals surface area (Å²) in [5.74, 6) is -0.690. The minimum absolute atomic E-state index is 0.145. The number of nitro groups is 1. The quantitative estimate of drug-likeness (QED) is 0.486. The summed E-state index contributed by atoms with van der Waals surface area (Å²) in [6.45, 7) is 5.72. The van der Waals surface area contributed by atoms with E-state index in [2.05, 4.69) is 5.32 Å². The Morgan fingerprint density at radius 2 is 1.92 bits per heavy atom. The van der Waals surface area contributed by atoms with Crippen molar-refractivity contribution in [1.29, 1.82) is 0 Å². The number of amides is 1. The standard InChI is InChI=1S/C18H20N2O5/c1-4-8-25-18(12(2)9-16(21)10-13(18)3)19-17(22)14-6-5-7-15(11-14)20(23)24/h5-7,9-11H,4,8H2,1-3H3,(H,19,22). The third-order valence-corrected chi connectivity index (χ3v) is 3.96. The van der Waals surface area contributed by atoms with Crippen LogP contribution < -0.4 is 5.32 Å². The second-order valence-electron chi connectivity index (χ2n) is 5.85. The summed E-state index contributed by atoms with van der Waals surface area (Å²) in [6.07, 6.45) is 3.55. The molecule has 1 amide bonds. The third kappa shape index (κ3) is 3.83. The fourth-order valence-corrected chi connectivity index (χ4v) is 2.69. The van der Waals surface area contributed by atoms with Gasteiger partial charge in [-0.05, 0) is 49.6 Å². The van der Waals surface area contributed by atoms with Gasteiger partial charge in [-0.2, -0.15) is 0 Å². The van der Waals surface area contributed by atoms with E-state index < -0.39 is 16.6 Å².